The summed E-state index contributed by atoms with van der Waals surface area (Å²) >= 11 is 0. The van der Waals surface area contributed by atoms with Crippen LogP contribution in [0.1, 0.15) is 11.3 Å². The molecular formula is C18H19N3O3. The Morgan fingerprint density at radius 1 is 1.08 bits per heavy atom. The van der Waals surface area contributed by atoms with E-state index in [0.717, 1.165) is 16.6 Å². The minimum absolute atomic E-state index is 0.178. The molecule has 0 aliphatic carbocycles. The number of nitrogens with zero attached hydrogens (tertiary/aromatic N) is 2. The summed E-state index contributed by atoms with van der Waals surface area (Å²) in [5, 5.41) is 5.72. The lowest BCUT2D eigenvalue weighted by Crippen LogP contribution is -2.21. The Labute approximate surface area is 139 Å². The van der Waals surface area contributed by atoms with Gasteiger partial charge in [0.05, 0.1) is 25.3 Å². The summed E-state index contributed by atoms with van der Waals surface area (Å²) in [6.07, 6.45) is 0.561. The number of ether oxygens (including phenoxy) is 2. The fraction of sp³-hybridized carbons (Fsp3) is 0.222. The van der Waals surface area contributed by atoms with Crippen molar-refractivity contribution in [1.82, 2.24) is 9.78 Å². The van der Waals surface area contributed by atoms with Gasteiger partial charge in [0.1, 0.15) is 0 Å². The highest BCUT2D eigenvalue weighted by molar-refractivity contribution is 5.87. The average molecular weight is 325 g/mol. The molecule has 0 aliphatic rings. The molecule has 0 bridgehead atoms. The second kappa shape index (κ2) is 6.23. The number of aromatic nitrogens is 2. The number of rotatable bonds is 4. The number of hydrogen-bond donors (Lipinski definition) is 1. The number of hydrogen-bond acceptors (Lipinski definition) is 5. The number of methoxy groups -OCH3 is 2. The van der Waals surface area contributed by atoms with E-state index in [0.29, 0.717) is 29.0 Å². The molecule has 0 fully saturated rings. The van der Waals surface area contributed by atoms with Gasteiger partial charge in [0.2, 0.25) is 0 Å². The van der Waals surface area contributed by atoms with Crippen LogP contribution in [-0.2, 0) is 13.5 Å². The number of fused-ring (bicyclic) bond motifs is 1. The lowest BCUT2D eigenvalue weighted by Gasteiger charge is -2.12. The highest BCUT2D eigenvalue weighted by Gasteiger charge is 2.14. The summed E-state index contributed by atoms with van der Waals surface area (Å²) in [5.41, 5.74) is 8.17. The van der Waals surface area contributed by atoms with Crippen LogP contribution in [0.3, 0.4) is 0 Å². The predicted octanol–water partition coefficient (Wildman–Crippen LogP) is 2.12. The summed E-state index contributed by atoms with van der Waals surface area (Å²) in [5.74, 6) is 1.08. The second-order valence-electron chi connectivity index (χ2n) is 5.55. The molecule has 0 radical (unpaired) electrons. The summed E-state index contributed by atoms with van der Waals surface area (Å²) in [4.78, 5) is 12.4. The molecule has 0 amide bonds. The van der Waals surface area contributed by atoms with Crippen LogP contribution in [0.15, 0.2) is 41.2 Å². The number of nitrogen functional groups attached to an aromatic ring is 1. The molecule has 0 saturated carbocycles. The Hall–Kier alpha value is -3.02. The van der Waals surface area contributed by atoms with Crippen molar-refractivity contribution in [3.8, 4) is 11.5 Å². The molecule has 1 heterocycles. The first kappa shape index (κ1) is 15.9. The van der Waals surface area contributed by atoms with Crippen molar-refractivity contribution in [2.75, 3.05) is 20.0 Å². The molecule has 1 aromatic heterocycles. The van der Waals surface area contributed by atoms with Gasteiger partial charge in [-0.1, -0.05) is 12.1 Å². The molecule has 3 rings (SSSR count). The van der Waals surface area contributed by atoms with Crippen LogP contribution in [0.25, 0.3) is 10.8 Å². The van der Waals surface area contributed by atoms with Crippen LogP contribution in [0.4, 0.5) is 5.69 Å². The number of benzene rings is 2. The van der Waals surface area contributed by atoms with E-state index in [2.05, 4.69) is 5.10 Å². The lowest BCUT2D eigenvalue weighted by atomic mass is 10.0. The largest absolute Gasteiger partial charge is 0.493 e. The monoisotopic (exact) mass is 325 g/mol. The molecule has 6 nitrogen and oxygen atoms in total. The smallest absolute Gasteiger partial charge is 0.274 e. The van der Waals surface area contributed by atoms with E-state index in [1.807, 2.05) is 24.3 Å². The molecule has 2 N–H and O–H groups in total. The Bertz CT molecular complexity index is 964. The highest BCUT2D eigenvalue weighted by Crippen LogP contribution is 2.32. The normalized spacial score (nSPS) is 10.8. The van der Waals surface area contributed by atoms with E-state index in [9.17, 15) is 4.79 Å². The Morgan fingerprint density at radius 2 is 1.75 bits per heavy atom. The molecular weight excluding hydrogens is 306 g/mol. The SMILES string of the molecule is COc1cc2c(Cc3cccc(N)c3)nn(C)c(=O)c2cc1OC. The van der Waals surface area contributed by atoms with Crippen LogP contribution < -0.4 is 20.8 Å². The van der Waals surface area contributed by atoms with Gasteiger partial charge in [0.15, 0.2) is 11.5 Å². The third-order valence-corrected chi connectivity index (χ3v) is 3.95. The van der Waals surface area contributed by atoms with Gasteiger partial charge >= 0.3 is 0 Å². The fourth-order valence-corrected chi connectivity index (χ4v) is 2.78. The van der Waals surface area contributed by atoms with Crippen molar-refractivity contribution in [2.45, 2.75) is 6.42 Å². The van der Waals surface area contributed by atoms with Crippen LogP contribution in [0.2, 0.25) is 0 Å². The number of anilines is 1. The Kier molecular flexibility index (Phi) is 4.12. The van der Waals surface area contributed by atoms with Gasteiger partial charge in [0, 0.05) is 24.5 Å². The molecule has 6 heteroatoms. The summed E-state index contributed by atoms with van der Waals surface area (Å²) in [6, 6.07) is 11.1. The molecule has 24 heavy (non-hydrogen) atoms. The average Bonchev–Trinajstić information content (AvgIpc) is 2.58. The molecule has 3 aromatic rings. The van der Waals surface area contributed by atoms with E-state index in [-0.39, 0.29) is 5.56 Å². The van der Waals surface area contributed by atoms with Crippen molar-refractivity contribution in [3.05, 3.63) is 58.0 Å². The first-order chi connectivity index (χ1) is 11.5. The third kappa shape index (κ3) is 2.78. The maximum absolute atomic E-state index is 12.4. The maximum Gasteiger partial charge on any atom is 0.274 e. The van der Waals surface area contributed by atoms with Crippen LogP contribution in [0, 0.1) is 0 Å². The second-order valence-corrected chi connectivity index (χ2v) is 5.55. The van der Waals surface area contributed by atoms with Gasteiger partial charge < -0.3 is 15.2 Å². The van der Waals surface area contributed by atoms with Gasteiger partial charge in [-0.25, -0.2) is 4.68 Å². The van der Waals surface area contributed by atoms with Crippen LogP contribution >= 0.6 is 0 Å². The molecule has 0 atom stereocenters. The van der Waals surface area contributed by atoms with Crippen molar-refractivity contribution in [2.24, 2.45) is 7.05 Å². The van der Waals surface area contributed by atoms with Crippen molar-refractivity contribution < 1.29 is 9.47 Å². The minimum Gasteiger partial charge on any atom is -0.493 e. The summed E-state index contributed by atoms with van der Waals surface area (Å²) in [6.45, 7) is 0. The zero-order valence-corrected chi connectivity index (χ0v) is 13.9. The lowest BCUT2D eigenvalue weighted by molar-refractivity contribution is 0.355. The van der Waals surface area contributed by atoms with Crippen molar-refractivity contribution >= 4 is 16.5 Å². The van der Waals surface area contributed by atoms with Crippen LogP contribution in [-0.4, -0.2) is 24.0 Å². The number of aryl methyl sites for hydroxylation is 1. The fourth-order valence-electron chi connectivity index (χ4n) is 2.78. The van der Waals surface area contributed by atoms with E-state index >= 15 is 0 Å². The first-order valence-corrected chi connectivity index (χ1v) is 7.50. The maximum atomic E-state index is 12.4. The highest BCUT2D eigenvalue weighted by atomic mass is 16.5. The zero-order valence-electron chi connectivity index (χ0n) is 13.9. The molecule has 0 saturated heterocycles. The summed E-state index contributed by atoms with van der Waals surface area (Å²) in [7, 11) is 4.75. The van der Waals surface area contributed by atoms with E-state index < -0.39 is 0 Å². The molecule has 0 spiro atoms. The van der Waals surface area contributed by atoms with Gasteiger partial charge in [-0.2, -0.15) is 5.10 Å². The minimum atomic E-state index is -0.178. The Balaban J connectivity index is 2.23. The van der Waals surface area contributed by atoms with E-state index in [4.69, 9.17) is 15.2 Å². The van der Waals surface area contributed by atoms with E-state index in [1.165, 1.54) is 4.68 Å². The van der Waals surface area contributed by atoms with Gasteiger partial charge in [-0.3, -0.25) is 4.79 Å². The van der Waals surface area contributed by atoms with Crippen LogP contribution in [0.5, 0.6) is 11.5 Å². The first-order valence-electron chi connectivity index (χ1n) is 7.50. The predicted molar refractivity (Wildman–Crippen MR) is 93.7 cm³/mol. The molecule has 124 valence electrons. The molecule has 2 aromatic carbocycles. The summed E-state index contributed by atoms with van der Waals surface area (Å²) < 4.78 is 12.0. The van der Waals surface area contributed by atoms with Gasteiger partial charge in [-0.15, -0.1) is 0 Å². The van der Waals surface area contributed by atoms with Gasteiger partial charge in [0.25, 0.3) is 5.56 Å². The van der Waals surface area contributed by atoms with E-state index in [1.54, 1.807) is 33.4 Å². The van der Waals surface area contributed by atoms with Gasteiger partial charge in [-0.05, 0) is 29.8 Å². The topological polar surface area (TPSA) is 79.4 Å². The number of nitrogens with two attached hydrogens (primary N) is 1. The standard InChI is InChI=1S/C18H19N3O3/c1-21-18(22)14-10-17(24-3)16(23-2)9-13(14)15(20-21)8-11-5-4-6-12(19)7-11/h4-7,9-10H,8,19H2,1-3H3. The Morgan fingerprint density at radius 3 is 2.38 bits per heavy atom. The third-order valence-electron chi connectivity index (χ3n) is 3.95. The van der Waals surface area contributed by atoms with Crippen molar-refractivity contribution in [1.29, 1.82) is 0 Å². The quantitative estimate of drug-likeness (QED) is 0.743. The zero-order chi connectivity index (χ0) is 17.3. The molecule has 0 unspecified atom stereocenters. The molecule has 0 aliphatic heterocycles. The van der Waals surface area contributed by atoms with Crippen molar-refractivity contribution in [3.63, 3.8) is 0 Å².